The Morgan fingerprint density at radius 1 is 1.27 bits per heavy atom. The first-order valence-electron chi connectivity index (χ1n) is 6.95. The maximum absolute atomic E-state index is 11.9. The van der Waals surface area contributed by atoms with E-state index in [-0.39, 0.29) is 6.42 Å². The summed E-state index contributed by atoms with van der Waals surface area (Å²) < 4.78 is 15.7. The van der Waals surface area contributed by atoms with E-state index in [0.29, 0.717) is 17.1 Å². The molecule has 1 aromatic carbocycles. The number of ether oxygens (including phenoxy) is 3. The molecule has 1 rings (SSSR count). The minimum atomic E-state index is -0.611. The van der Waals surface area contributed by atoms with Crippen molar-refractivity contribution in [3.63, 3.8) is 0 Å². The van der Waals surface area contributed by atoms with E-state index in [1.54, 1.807) is 46.1 Å². The first kappa shape index (κ1) is 17.8. The first-order chi connectivity index (χ1) is 10.3. The fraction of sp³-hybridized carbons (Fsp3) is 0.500. The highest BCUT2D eigenvalue weighted by Crippen LogP contribution is 2.31. The van der Waals surface area contributed by atoms with Crippen molar-refractivity contribution >= 4 is 12.4 Å². The van der Waals surface area contributed by atoms with E-state index in [9.17, 15) is 9.59 Å². The molecule has 6 heteroatoms. The molecule has 0 aliphatic rings. The van der Waals surface area contributed by atoms with Gasteiger partial charge in [0.2, 0.25) is 0 Å². The van der Waals surface area contributed by atoms with Gasteiger partial charge in [0.15, 0.2) is 0 Å². The Kier molecular flexibility index (Phi) is 6.22. The lowest BCUT2D eigenvalue weighted by Crippen LogP contribution is -2.35. The number of carbonyl (C=O) groups excluding carboxylic acids is 2. The van der Waals surface area contributed by atoms with E-state index < -0.39 is 17.7 Å². The third-order valence-corrected chi connectivity index (χ3v) is 2.84. The number of benzene rings is 1. The predicted octanol–water partition coefficient (Wildman–Crippen LogP) is 2.86. The minimum absolute atomic E-state index is 0.113. The average Bonchev–Trinajstić information content (AvgIpc) is 2.44. The Balaban J connectivity index is 3.00. The fourth-order valence-corrected chi connectivity index (χ4v) is 1.92. The van der Waals surface area contributed by atoms with E-state index in [4.69, 9.17) is 14.2 Å². The molecule has 0 fully saturated rings. The number of amides is 1. The van der Waals surface area contributed by atoms with E-state index in [0.717, 1.165) is 6.29 Å². The molecule has 0 aromatic heterocycles. The number of alkyl carbamates (subject to hydrolysis) is 1. The molecule has 122 valence electrons. The van der Waals surface area contributed by atoms with Crippen LogP contribution in [-0.2, 0) is 9.53 Å². The van der Waals surface area contributed by atoms with Gasteiger partial charge in [0.1, 0.15) is 23.4 Å². The fourth-order valence-electron chi connectivity index (χ4n) is 1.92. The van der Waals surface area contributed by atoms with Crippen LogP contribution in [0.5, 0.6) is 11.5 Å². The van der Waals surface area contributed by atoms with Crippen LogP contribution in [0.15, 0.2) is 18.2 Å². The third kappa shape index (κ3) is 5.27. The molecule has 0 saturated heterocycles. The van der Waals surface area contributed by atoms with Gasteiger partial charge in [0, 0.05) is 18.1 Å². The van der Waals surface area contributed by atoms with Crippen molar-refractivity contribution in [3.05, 3.63) is 23.8 Å². The molecule has 1 atom stereocenters. The number of methoxy groups -OCH3 is 2. The molecule has 0 aliphatic carbocycles. The van der Waals surface area contributed by atoms with Gasteiger partial charge in [-0.05, 0) is 32.9 Å². The van der Waals surface area contributed by atoms with Crippen LogP contribution < -0.4 is 14.8 Å². The van der Waals surface area contributed by atoms with Gasteiger partial charge in [-0.3, -0.25) is 0 Å². The zero-order chi connectivity index (χ0) is 16.8. The number of rotatable bonds is 6. The number of aldehydes is 1. The van der Waals surface area contributed by atoms with Crippen LogP contribution in [0, 0.1) is 0 Å². The van der Waals surface area contributed by atoms with Crippen LogP contribution in [0.2, 0.25) is 0 Å². The minimum Gasteiger partial charge on any atom is -0.497 e. The van der Waals surface area contributed by atoms with Crippen molar-refractivity contribution in [1.82, 2.24) is 5.32 Å². The number of nitrogens with one attached hydrogen (secondary N) is 1. The normalized spacial score (nSPS) is 12.2. The second-order valence-corrected chi connectivity index (χ2v) is 5.71. The maximum atomic E-state index is 11.9. The maximum Gasteiger partial charge on any atom is 0.408 e. The van der Waals surface area contributed by atoms with Gasteiger partial charge in [-0.25, -0.2) is 4.79 Å². The van der Waals surface area contributed by atoms with Crippen molar-refractivity contribution in [2.75, 3.05) is 14.2 Å². The highest BCUT2D eigenvalue weighted by Gasteiger charge is 2.22. The summed E-state index contributed by atoms with van der Waals surface area (Å²) in [4.78, 5) is 22.8. The summed E-state index contributed by atoms with van der Waals surface area (Å²) >= 11 is 0. The topological polar surface area (TPSA) is 73.9 Å². The predicted molar refractivity (Wildman–Crippen MR) is 82.3 cm³/mol. The zero-order valence-electron chi connectivity index (χ0n) is 13.6. The quantitative estimate of drug-likeness (QED) is 0.818. The van der Waals surface area contributed by atoms with Gasteiger partial charge in [0.05, 0.1) is 20.3 Å². The zero-order valence-corrected chi connectivity index (χ0v) is 13.6. The van der Waals surface area contributed by atoms with Crippen molar-refractivity contribution in [2.24, 2.45) is 0 Å². The smallest absolute Gasteiger partial charge is 0.408 e. The highest BCUT2D eigenvalue weighted by atomic mass is 16.6. The second kappa shape index (κ2) is 7.68. The summed E-state index contributed by atoms with van der Waals surface area (Å²) in [5.41, 5.74) is 0.0704. The van der Waals surface area contributed by atoms with E-state index >= 15 is 0 Å². The van der Waals surface area contributed by atoms with Crippen molar-refractivity contribution in [3.8, 4) is 11.5 Å². The van der Waals surface area contributed by atoms with Gasteiger partial charge >= 0.3 is 6.09 Å². The summed E-state index contributed by atoms with van der Waals surface area (Å²) in [5, 5.41) is 2.69. The highest BCUT2D eigenvalue weighted by molar-refractivity contribution is 5.69. The molecule has 1 aromatic rings. The van der Waals surface area contributed by atoms with Crippen LogP contribution in [0.4, 0.5) is 4.79 Å². The van der Waals surface area contributed by atoms with E-state index in [1.807, 2.05) is 0 Å². The lowest BCUT2D eigenvalue weighted by atomic mass is 10.0. The summed E-state index contributed by atoms with van der Waals surface area (Å²) in [6, 6.07) is 4.66. The molecular weight excluding hydrogens is 286 g/mol. The number of hydrogen-bond donors (Lipinski definition) is 1. The average molecular weight is 309 g/mol. The van der Waals surface area contributed by atoms with Crippen molar-refractivity contribution in [1.29, 1.82) is 0 Å². The second-order valence-electron chi connectivity index (χ2n) is 5.71. The van der Waals surface area contributed by atoms with Crippen LogP contribution in [0.3, 0.4) is 0 Å². The molecular formula is C16H23NO5. The molecule has 0 aliphatic heterocycles. The molecule has 1 amide bonds. The Morgan fingerprint density at radius 2 is 1.95 bits per heavy atom. The molecule has 0 unspecified atom stereocenters. The van der Waals surface area contributed by atoms with Gasteiger partial charge in [0.25, 0.3) is 0 Å². The molecule has 0 bridgehead atoms. The molecule has 0 spiro atoms. The van der Waals surface area contributed by atoms with E-state index in [1.165, 1.54) is 7.11 Å². The van der Waals surface area contributed by atoms with Crippen LogP contribution in [0.25, 0.3) is 0 Å². The molecule has 0 heterocycles. The lowest BCUT2D eigenvalue weighted by molar-refractivity contribution is -0.108. The molecule has 0 radical (unpaired) electrons. The Hall–Kier alpha value is -2.24. The van der Waals surface area contributed by atoms with Crippen LogP contribution >= 0.6 is 0 Å². The molecule has 1 N–H and O–H groups in total. The monoisotopic (exact) mass is 309 g/mol. The van der Waals surface area contributed by atoms with Crippen molar-refractivity contribution in [2.45, 2.75) is 38.8 Å². The Labute approximate surface area is 130 Å². The number of hydrogen-bond acceptors (Lipinski definition) is 5. The SMILES string of the molecule is COc1ccc([C@@H](CC=O)NC(=O)OC(C)(C)C)c(OC)c1. The van der Waals surface area contributed by atoms with Gasteiger partial charge in [-0.2, -0.15) is 0 Å². The lowest BCUT2D eigenvalue weighted by Gasteiger charge is -2.24. The standard InChI is InChI=1S/C16H23NO5/c1-16(2,3)22-15(19)17-13(8-9-18)12-7-6-11(20-4)10-14(12)21-5/h6-7,9-10,13H,8H2,1-5H3,(H,17,19)/t13-/m1/s1. The third-order valence-electron chi connectivity index (χ3n) is 2.84. The van der Waals surface area contributed by atoms with Gasteiger partial charge in [-0.1, -0.05) is 0 Å². The number of carbonyl (C=O) groups is 2. The summed E-state index contributed by atoms with van der Waals surface area (Å²) in [6.45, 7) is 5.32. The van der Waals surface area contributed by atoms with Gasteiger partial charge in [-0.15, -0.1) is 0 Å². The van der Waals surface area contributed by atoms with Crippen molar-refractivity contribution < 1.29 is 23.8 Å². The van der Waals surface area contributed by atoms with Crippen LogP contribution in [-0.4, -0.2) is 32.2 Å². The largest absolute Gasteiger partial charge is 0.497 e. The Bertz CT molecular complexity index is 522. The summed E-state index contributed by atoms with van der Waals surface area (Å²) in [6.07, 6.45) is 0.269. The van der Waals surface area contributed by atoms with E-state index in [2.05, 4.69) is 5.32 Å². The first-order valence-corrected chi connectivity index (χ1v) is 6.95. The van der Waals surface area contributed by atoms with Gasteiger partial charge < -0.3 is 24.3 Å². The molecule has 22 heavy (non-hydrogen) atoms. The van der Waals surface area contributed by atoms with Crippen LogP contribution in [0.1, 0.15) is 38.8 Å². The summed E-state index contributed by atoms with van der Waals surface area (Å²) in [5.74, 6) is 1.16. The summed E-state index contributed by atoms with van der Waals surface area (Å²) in [7, 11) is 3.07. The molecule has 6 nitrogen and oxygen atoms in total. The molecule has 0 saturated carbocycles. The Morgan fingerprint density at radius 3 is 2.45 bits per heavy atom.